The number of halogens is 2. The van der Waals surface area contributed by atoms with E-state index in [4.69, 9.17) is 27.9 Å². The second-order valence-corrected chi connectivity index (χ2v) is 9.47. The van der Waals surface area contributed by atoms with Crippen LogP contribution in [0.4, 0.5) is 5.95 Å². The molecule has 0 spiro atoms. The first-order chi connectivity index (χ1) is 16.9. The lowest BCUT2D eigenvalue weighted by Gasteiger charge is -2.27. The zero-order chi connectivity index (χ0) is 25.0. The predicted molar refractivity (Wildman–Crippen MR) is 144 cm³/mol. The average Bonchev–Trinajstić information content (AvgIpc) is 2.87. The van der Waals surface area contributed by atoms with Crippen molar-refractivity contribution in [2.45, 2.75) is 26.2 Å². The predicted octanol–water partition coefficient (Wildman–Crippen LogP) is 7.20. The molecule has 0 atom stereocenters. The van der Waals surface area contributed by atoms with Crippen LogP contribution in [0.3, 0.4) is 0 Å². The standard InChI is InChI=1S/C28H26Cl2N4O/c1-4-32-27-33-17-21-13-19(7-10-25(21)34-27)18-5-8-22(9-6-18)28(2,3)23-14-20(16-31)26(24(30)15-23)35-12-11-29/h5-10,13-15,17H,4,11-12H2,1-3H3,(H,32,33,34). The summed E-state index contributed by atoms with van der Waals surface area (Å²) < 4.78 is 5.60. The van der Waals surface area contributed by atoms with Crippen LogP contribution in [0.15, 0.2) is 60.8 Å². The van der Waals surface area contributed by atoms with Gasteiger partial charge >= 0.3 is 0 Å². The molecule has 1 aromatic heterocycles. The largest absolute Gasteiger partial charge is 0.489 e. The molecule has 0 amide bonds. The van der Waals surface area contributed by atoms with Gasteiger partial charge in [-0.1, -0.05) is 55.8 Å². The fraction of sp³-hybridized carbons (Fsp3) is 0.250. The van der Waals surface area contributed by atoms with Gasteiger partial charge in [-0.25, -0.2) is 9.97 Å². The number of nitrogens with zero attached hydrogens (tertiary/aromatic N) is 3. The Kier molecular flexibility index (Phi) is 7.45. The van der Waals surface area contributed by atoms with E-state index in [0.29, 0.717) is 28.2 Å². The van der Waals surface area contributed by atoms with Crippen LogP contribution in [0.5, 0.6) is 5.75 Å². The van der Waals surface area contributed by atoms with Gasteiger partial charge in [0, 0.05) is 23.5 Å². The molecule has 0 saturated heterocycles. The summed E-state index contributed by atoms with van der Waals surface area (Å²) in [5.41, 5.74) is 5.16. The summed E-state index contributed by atoms with van der Waals surface area (Å²) in [4.78, 5) is 8.94. The highest BCUT2D eigenvalue weighted by molar-refractivity contribution is 6.32. The van der Waals surface area contributed by atoms with Crippen molar-refractivity contribution in [3.63, 3.8) is 0 Å². The molecule has 1 heterocycles. The van der Waals surface area contributed by atoms with Crippen molar-refractivity contribution in [2.24, 2.45) is 0 Å². The van der Waals surface area contributed by atoms with Crippen molar-refractivity contribution < 1.29 is 4.74 Å². The minimum atomic E-state index is -0.376. The van der Waals surface area contributed by atoms with Crippen molar-refractivity contribution in [1.29, 1.82) is 5.26 Å². The van der Waals surface area contributed by atoms with Crippen molar-refractivity contribution in [3.05, 3.63) is 82.5 Å². The van der Waals surface area contributed by atoms with E-state index < -0.39 is 0 Å². The normalized spacial score (nSPS) is 11.3. The third-order valence-electron chi connectivity index (χ3n) is 6.06. The Morgan fingerprint density at radius 2 is 1.77 bits per heavy atom. The molecule has 4 aromatic rings. The number of benzene rings is 3. The molecule has 5 nitrogen and oxygen atoms in total. The van der Waals surface area contributed by atoms with E-state index in [9.17, 15) is 5.26 Å². The first-order valence-corrected chi connectivity index (χ1v) is 12.3. The number of aromatic nitrogens is 2. The maximum atomic E-state index is 9.65. The maximum absolute atomic E-state index is 9.65. The number of hydrogen-bond donors (Lipinski definition) is 1. The lowest BCUT2D eigenvalue weighted by molar-refractivity contribution is 0.341. The summed E-state index contributed by atoms with van der Waals surface area (Å²) >= 11 is 12.2. The Morgan fingerprint density at radius 3 is 2.46 bits per heavy atom. The Bertz CT molecular complexity index is 1390. The van der Waals surface area contributed by atoms with Crippen LogP contribution in [0.1, 0.15) is 37.5 Å². The molecule has 178 valence electrons. The fourth-order valence-corrected chi connectivity index (χ4v) is 4.38. The zero-order valence-electron chi connectivity index (χ0n) is 19.9. The molecule has 0 aliphatic carbocycles. The van der Waals surface area contributed by atoms with E-state index in [0.717, 1.165) is 39.7 Å². The van der Waals surface area contributed by atoms with Crippen molar-refractivity contribution >= 4 is 40.1 Å². The smallest absolute Gasteiger partial charge is 0.223 e. The van der Waals surface area contributed by atoms with Crippen molar-refractivity contribution in [1.82, 2.24) is 9.97 Å². The lowest BCUT2D eigenvalue weighted by Crippen LogP contribution is -2.19. The van der Waals surface area contributed by atoms with Crippen molar-refractivity contribution in [3.8, 4) is 22.9 Å². The lowest BCUT2D eigenvalue weighted by atomic mass is 9.77. The van der Waals surface area contributed by atoms with Crippen LogP contribution in [-0.2, 0) is 5.41 Å². The van der Waals surface area contributed by atoms with E-state index in [2.05, 4.69) is 71.6 Å². The van der Waals surface area contributed by atoms with E-state index in [1.54, 1.807) is 0 Å². The Balaban J connectivity index is 1.63. The number of fused-ring (bicyclic) bond motifs is 1. The number of hydrogen-bond acceptors (Lipinski definition) is 5. The fourth-order valence-electron chi connectivity index (χ4n) is 4.03. The summed E-state index contributed by atoms with van der Waals surface area (Å²) in [6.45, 7) is 7.32. The Labute approximate surface area is 215 Å². The van der Waals surface area contributed by atoms with E-state index in [1.807, 2.05) is 31.3 Å². The molecule has 0 aliphatic heterocycles. The summed E-state index contributed by atoms with van der Waals surface area (Å²) in [5, 5.41) is 14.2. The first kappa shape index (κ1) is 24.8. The second-order valence-electron chi connectivity index (χ2n) is 8.68. The highest BCUT2D eigenvalue weighted by Gasteiger charge is 2.26. The van der Waals surface area contributed by atoms with E-state index >= 15 is 0 Å². The van der Waals surface area contributed by atoms with Crippen LogP contribution in [0, 0.1) is 11.3 Å². The third-order valence-corrected chi connectivity index (χ3v) is 6.50. The van der Waals surface area contributed by atoms with Gasteiger partial charge in [0.1, 0.15) is 12.7 Å². The first-order valence-electron chi connectivity index (χ1n) is 11.4. The van der Waals surface area contributed by atoms with Gasteiger partial charge in [0.2, 0.25) is 5.95 Å². The number of anilines is 1. The number of alkyl halides is 1. The molecule has 0 unspecified atom stereocenters. The van der Waals surface area contributed by atoms with Gasteiger partial charge in [-0.05, 0) is 53.4 Å². The van der Waals surface area contributed by atoms with Gasteiger partial charge in [0.05, 0.1) is 22.0 Å². The third kappa shape index (κ3) is 5.19. The van der Waals surface area contributed by atoms with Crippen LogP contribution in [0.25, 0.3) is 22.0 Å². The SMILES string of the molecule is CCNc1ncc2cc(-c3ccc(C(C)(C)c4cc(Cl)c(OCCCl)c(C#N)c4)cc3)ccc2n1. The van der Waals surface area contributed by atoms with Gasteiger partial charge in [0.15, 0.2) is 5.75 Å². The monoisotopic (exact) mass is 504 g/mol. The minimum Gasteiger partial charge on any atom is -0.489 e. The van der Waals surface area contributed by atoms with Crippen LogP contribution in [-0.4, -0.2) is 29.0 Å². The average molecular weight is 505 g/mol. The molecule has 0 radical (unpaired) electrons. The molecule has 3 aromatic carbocycles. The van der Waals surface area contributed by atoms with Crippen LogP contribution < -0.4 is 10.1 Å². The Hall–Kier alpha value is -3.33. The topological polar surface area (TPSA) is 70.8 Å². The number of rotatable bonds is 8. The highest BCUT2D eigenvalue weighted by atomic mass is 35.5. The zero-order valence-corrected chi connectivity index (χ0v) is 21.4. The molecule has 35 heavy (non-hydrogen) atoms. The van der Waals surface area contributed by atoms with Gasteiger partial charge in [0.25, 0.3) is 0 Å². The molecular weight excluding hydrogens is 479 g/mol. The Morgan fingerprint density at radius 1 is 1.03 bits per heavy atom. The number of ether oxygens (including phenoxy) is 1. The molecule has 0 aliphatic rings. The van der Waals surface area contributed by atoms with Crippen molar-refractivity contribution in [2.75, 3.05) is 24.3 Å². The number of nitrogens with one attached hydrogen (secondary N) is 1. The summed E-state index contributed by atoms with van der Waals surface area (Å²) in [7, 11) is 0. The quantitative estimate of drug-likeness (QED) is 0.257. The molecular formula is C28H26Cl2N4O. The minimum absolute atomic E-state index is 0.290. The molecule has 7 heteroatoms. The highest BCUT2D eigenvalue weighted by Crippen LogP contribution is 2.39. The molecule has 0 fully saturated rings. The van der Waals surface area contributed by atoms with Gasteiger partial charge in [-0.3, -0.25) is 0 Å². The molecule has 4 rings (SSSR count). The van der Waals surface area contributed by atoms with Gasteiger partial charge in [-0.15, -0.1) is 11.6 Å². The molecule has 0 saturated carbocycles. The second kappa shape index (κ2) is 10.5. The van der Waals surface area contributed by atoms with Gasteiger partial charge in [-0.2, -0.15) is 5.26 Å². The van der Waals surface area contributed by atoms with Crippen LogP contribution >= 0.6 is 23.2 Å². The maximum Gasteiger partial charge on any atom is 0.223 e. The van der Waals surface area contributed by atoms with Gasteiger partial charge < -0.3 is 10.1 Å². The summed E-state index contributed by atoms with van der Waals surface area (Å²) in [6.07, 6.45) is 1.85. The summed E-state index contributed by atoms with van der Waals surface area (Å²) in [5.74, 6) is 1.34. The number of nitriles is 1. The van der Waals surface area contributed by atoms with Crippen LogP contribution in [0.2, 0.25) is 5.02 Å². The van der Waals surface area contributed by atoms with E-state index in [1.165, 1.54) is 0 Å². The molecule has 1 N–H and O–H groups in total. The summed E-state index contributed by atoms with van der Waals surface area (Å²) in [6, 6.07) is 20.5. The molecule has 0 bridgehead atoms. The van der Waals surface area contributed by atoms with E-state index in [-0.39, 0.29) is 12.0 Å².